The molecule has 1 heteroatoms. The smallest absolute Gasteiger partial charge is 0.0528 e. The second kappa shape index (κ2) is 5.13. The molecular weight excluding hydrogens is 182 g/mol. The van der Waals surface area contributed by atoms with Crippen molar-refractivity contribution in [3.05, 3.63) is 55.0 Å². The highest BCUT2D eigenvalue weighted by Crippen LogP contribution is 2.24. The first-order chi connectivity index (χ1) is 7.42. The molecule has 0 aromatic heterocycles. The van der Waals surface area contributed by atoms with Gasteiger partial charge in [-0.3, -0.25) is 4.90 Å². The highest BCUT2D eigenvalue weighted by atomic mass is 15.2. The van der Waals surface area contributed by atoms with E-state index in [0.29, 0.717) is 6.04 Å². The molecule has 1 nitrogen and oxygen atoms in total. The number of hydrogen-bond donors (Lipinski definition) is 0. The van der Waals surface area contributed by atoms with Gasteiger partial charge in [-0.15, -0.1) is 6.58 Å². The van der Waals surface area contributed by atoms with E-state index in [0.717, 1.165) is 13.1 Å². The van der Waals surface area contributed by atoms with E-state index in [-0.39, 0.29) is 0 Å². The lowest BCUT2D eigenvalue weighted by atomic mass is 10.0. The molecule has 0 amide bonds. The van der Waals surface area contributed by atoms with Gasteiger partial charge in [-0.05, 0) is 37.9 Å². The number of piperidine rings is 1. The summed E-state index contributed by atoms with van der Waals surface area (Å²) in [6, 6.07) is 11.0. The molecule has 1 atom stereocenters. The zero-order valence-electron chi connectivity index (χ0n) is 9.10. The molecule has 0 spiro atoms. The average molecular weight is 200 g/mol. The Bertz CT molecular complexity index is 298. The molecule has 0 aliphatic carbocycles. The maximum Gasteiger partial charge on any atom is 0.0528 e. The molecule has 0 bridgehead atoms. The number of likely N-dealkylation sites (tertiary alicyclic amines) is 1. The number of nitrogens with zero attached hydrogens (tertiary/aromatic N) is 1. The predicted molar refractivity (Wildman–Crippen MR) is 64.5 cm³/mol. The van der Waals surface area contributed by atoms with Crippen LogP contribution >= 0.6 is 0 Å². The van der Waals surface area contributed by atoms with Crippen molar-refractivity contribution in [1.29, 1.82) is 0 Å². The molecule has 2 rings (SSSR count). The van der Waals surface area contributed by atoms with Crippen LogP contribution in [0.15, 0.2) is 43.0 Å². The Labute approximate surface area is 92.4 Å². The van der Waals surface area contributed by atoms with Crippen LogP contribution in [0, 0.1) is 6.42 Å². The Hall–Kier alpha value is -1.08. The van der Waals surface area contributed by atoms with Crippen LogP contribution < -0.4 is 0 Å². The molecule has 79 valence electrons. The van der Waals surface area contributed by atoms with Crippen molar-refractivity contribution >= 4 is 0 Å². The van der Waals surface area contributed by atoms with Crippen LogP contribution in [0.3, 0.4) is 0 Å². The Morgan fingerprint density at radius 2 is 1.80 bits per heavy atom. The largest absolute Gasteiger partial charge is 0.293 e. The normalized spacial score (nSPS) is 19.7. The number of benzene rings is 1. The third kappa shape index (κ3) is 2.48. The van der Waals surface area contributed by atoms with Gasteiger partial charge in [0.25, 0.3) is 0 Å². The third-order valence-electron chi connectivity index (χ3n) is 3.00. The van der Waals surface area contributed by atoms with Gasteiger partial charge in [0.1, 0.15) is 0 Å². The second-order valence-electron chi connectivity index (χ2n) is 3.99. The van der Waals surface area contributed by atoms with Gasteiger partial charge < -0.3 is 0 Å². The summed E-state index contributed by atoms with van der Waals surface area (Å²) in [5, 5.41) is 0. The second-order valence-corrected chi connectivity index (χ2v) is 3.99. The fourth-order valence-electron chi connectivity index (χ4n) is 2.19. The van der Waals surface area contributed by atoms with Gasteiger partial charge in [0.15, 0.2) is 0 Å². The summed E-state index contributed by atoms with van der Waals surface area (Å²) in [5.74, 6) is 0. The Morgan fingerprint density at radius 3 is 2.40 bits per heavy atom. The minimum absolute atomic E-state index is 0.389. The summed E-state index contributed by atoms with van der Waals surface area (Å²) < 4.78 is 0. The molecule has 1 fully saturated rings. The van der Waals surface area contributed by atoms with Crippen molar-refractivity contribution in [2.45, 2.75) is 18.9 Å². The molecule has 1 saturated heterocycles. The van der Waals surface area contributed by atoms with Crippen LogP contribution in [0.5, 0.6) is 0 Å². The van der Waals surface area contributed by atoms with Gasteiger partial charge in [0, 0.05) is 0 Å². The van der Waals surface area contributed by atoms with Crippen LogP contribution in [0.4, 0.5) is 0 Å². The first-order valence-corrected chi connectivity index (χ1v) is 5.65. The fraction of sp³-hybridized carbons (Fsp3) is 0.357. The topological polar surface area (TPSA) is 3.24 Å². The third-order valence-corrected chi connectivity index (χ3v) is 3.00. The Balaban J connectivity index is 2.12. The van der Waals surface area contributed by atoms with E-state index in [1.54, 1.807) is 0 Å². The zero-order valence-corrected chi connectivity index (χ0v) is 9.10. The molecule has 1 radical (unpaired) electrons. The summed E-state index contributed by atoms with van der Waals surface area (Å²) in [5.41, 5.74) is 1.36. The molecule has 0 saturated carbocycles. The van der Waals surface area contributed by atoms with Crippen LogP contribution in [0.25, 0.3) is 0 Å². The van der Waals surface area contributed by atoms with E-state index in [2.05, 4.69) is 54.3 Å². The van der Waals surface area contributed by atoms with Gasteiger partial charge in [0.05, 0.1) is 6.04 Å². The zero-order chi connectivity index (χ0) is 10.5. The molecule has 1 aliphatic rings. The Kier molecular flexibility index (Phi) is 3.57. The maximum atomic E-state index is 3.96. The van der Waals surface area contributed by atoms with Crippen molar-refractivity contribution < 1.29 is 0 Å². The molecule has 1 aromatic rings. The Morgan fingerprint density at radius 1 is 1.13 bits per heavy atom. The SMILES string of the molecule is C=CC(c1ccccc1)N1CC[CH]CC1. The molecule has 0 N–H and O–H groups in total. The quantitative estimate of drug-likeness (QED) is 0.677. The van der Waals surface area contributed by atoms with Crippen molar-refractivity contribution in [2.75, 3.05) is 13.1 Å². The molecular formula is C14H18N. The highest BCUT2D eigenvalue weighted by molar-refractivity contribution is 5.22. The van der Waals surface area contributed by atoms with Gasteiger partial charge in [-0.25, -0.2) is 0 Å². The summed E-state index contributed by atoms with van der Waals surface area (Å²) in [4.78, 5) is 2.50. The van der Waals surface area contributed by atoms with Crippen LogP contribution in [-0.2, 0) is 0 Å². The van der Waals surface area contributed by atoms with E-state index in [1.807, 2.05) is 0 Å². The van der Waals surface area contributed by atoms with Crippen molar-refractivity contribution in [1.82, 2.24) is 4.90 Å². The number of hydrogen-bond acceptors (Lipinski definition) is 1. The predicted octanol–water partition coefficient (Wildman–Crippen LogP) is 3.21. The highest BCUT2D eigenvalue weighted by Gasteiger charge is 2.18. The molecule has 1 aromatic carbocycles. The van der Waals surface area contributed by atoms with Crippen LogP contribution in [-0.4, -0.2) is 18.0 Å². The minimum atomic E-state index is 0.389. The van der Waals surface area contributed by atoms with E-state index in [1.165, 1.54) is 18.4 Å². The van der Waals surface area contributed by atoms with Gasteiger partial charge in [0.2, 0.25) is 0 Å². The van der Waals surface area contributed by atoms with Crippen LogP contribution in [0.2, 0.25) is 0 Å². The summed E-state index contributed by atoms with van der Waals surface area (Å²) in [6.45, 7) is 6.28. The van der Waals surface area contributed by atoms with E-state index in [4.69, 9.17) is 0 Å². The van der Waals surface area contributed by atoms with Crippen molar-refractivity contribution in [2.24, 2.45) is 0 Å². The summed E-state index contributed by atoms with van der Waals surface area (Å²) in [6.07, 6.45) is 6.84. The molecule has 15 heavy (non-hydrogen) atoms. The maximum absolute atomic E-state index is 3.96. The lowest BCUT2D eigenvalue weighted by molar-refractivity contribution is 0.214. The first kappa shape index (κ1) is 10.4. The first-order valence-electron chi connectivity index (χ1n) is 5.65. The summed E-state index contributed by atoms with van der Waals surface area (Å²) >= 11 is 0. The summed E-state index contributed by atoms with van der Waals surface area (Å²) in [7, 11) is 0. The standard InChI is InChI=1S/C14H18N/c1-2-14(13-9-5-3-6-10-13)15-11-7-4-8-12-15/h2-6,9-10,14H,1,7-8,11-12H2. The number of rotatable bonds is 3. The monoisotopic (exact) mass is 200 g/mol. The fourth-order valence-corrected chi connectivity index (χ4v) is 2.19. The van der Waals surface area contributed by atoms with Crippen LogP contribution in [0.1, 0.15) is 24.4 Å². The van der Waals surface area contributed by atoms with Gasteiger partial charge in [-0.2, -0.15) is 0 Å². The molecule has 1 heterocycles. The lowest BCUT2D eigenvalue weighted by Gasteiger charge is -2.32. The van der Waals surface area contributed by atoms with Crippen molar-refractivity contribution in [3.8, 4) is 0 Å². The van der Waals surface area contributed by atoms with E-state index < -0.39 is 0 Å². The lowest BCUT2D eigenvalue weighted by Crippen LogP contribution is -2.32. The molecule has 1 aliphatic heterocycles. The van der Waals surface area contributed by atoms with E-state index >= 15 is 0 Å². The van der Waals surface area contributed by atoms with Crippen molar-refractivity contribution in [3.63, 3.8) is 0 Å². The molecule has 1 unspecified atom stereocenters. The average Bonchev–Trinajstić information content (AvgIpc) is 2.33. The minimum Gasteiger partial charge on any atom is -0.293 e. The van der Waals surface area contributed by atoms with E-state index in [9.17, 15) is 0 Å². The van der Waals surface area contributed by atoms with Gasteiger partial charge >= 0.3 is 0 Å². The van der Waals surface area contributed by atoms with Gasteiger partial charge in [-0.1, -0.05) is 36.4 Å².